The van der Waals surface area contributed by atoms with Crippen LogP contribution in [0.2, 0.25) is 10.0 Å². The van der Waals surface area contributed by atoms with Crippen molar-refractivity contribution in [2.24, 2.45) is 0 Å². The topological polar surface area (TPSA) is 114 Å². The maximum absolute atomic E-state index is 13.2. The first-order chi connectivity index (χ1) is 15.4. The molecule has 0 spiro atoms. The van der Waals surface area contributed by atoms with E-state index >= 15 is 0 Å². The second kappa shape index (κ2) is 8.62. The van der Waals surface area contributed by atoms with Gasteiger partial charge in [-0.3, -0.25) is 4.55 Å². The van der Waals surface area contributed by atoms with Crippen LogP contribution in [0.25, 0.3) is 10.9 Å². The van der Waals surface area contributed by atoms with E-state index in [0.29, 0.717) is 10.9 Å². The second-order valence-corrected chi connectivity index (χ2v) is 11.2. The van der Waals surface area contributed by atoms with Crippen molar-refractivity contribution in [1.29, 1.82) is 0 Å². The number of aromatic amines is 1. The van der Waals surface area contributed by atoms with Crippen LogP contribution in [-0.2, 0) is 25.7 Å². The summed E-state index contributed by atoms with van der Waals surface area (Å²) in [4.78, 5) is 2.77. The smallest absolute Gasteiger partial charge is 0.269 e. The molecule has 0 atom stereocenters. The van der Waals surface area contributed by atoms with E-state index in [4.69, 9.17) is 32.5 Å². The highest BCUT2D eigenvalue weighted by molar-refractivity contribution is 7.91. The Morgan fingerprint density at radius 2 is 1.58 bits per heavy atom. The molecule has 1 aromatic heterocycles. The Hall–Kier alpha value is -2.63. The van der Waals surface area contributed by atoms with Crippen LogP contribution in [-0.4, -0.2) is 26.4 Å². The van der Waals surface area contributed by atoms with Gasteiger partial charge in [0.2, 0.25) is 9.84 Å². The Bertz CT molecular complexity index is 1560. The third-order valence-corrected chi connectivity index (χ3v) is 7.72. The molecule has 1 heterocycles. The standard InChI is InChI=1S/C21H14Cl2FNO6S2/c22-17-7-12(11-32(26,27)28)8-18(23)21(17)31-14-3-6-19-16(9-14)20(10-25-19)33(29,30)15-4-1-13(24)2-5-15/h1-10,25H,11H2,(H,26,27,28). The Balaban J connectivity index is 1.72. The first-order valence-corrected chi connectivity index (χ1v) is 13.0. The molecule has 0 unspecified atom stereocenters. The van der Waals surface area contributed by atoms with Crippen LogP contribution in [0.5, 0.6) is 11.5 Å². The number of fused-ring (bicyclic) bond motifs is 1. The molecule has 0 saturated carbocycles. The first kappa shape index (κ1) is 23.5. The molecule has 0 fully saturated rings. The normalized spacial score (nSPS) is 12.2. The molecule has 0 aliphatic carbocycles. The minimum Gasteiger partial charge on any atom is -0.454 e. The summed E-state index contributed by atoms with van der Waals surface area (Å²) < 4.78 is 76.3. The van der Waals surface area contributed by atoms with Crippen molar-refractivity contribution in [2.75, 3.05) is 0 Å². The molecular weight excluding hydrogens is 516 g/mol. The van der Waals surface area contributed by atoms with E-state index in [1.165, 1.54) is 36.5 Å². The number of hydrogen-bond acceptors (Lipinski definition) is 5. The van der Waals surface area contributed by atoms with Gasteiger partial charge in [-0.25, -0.2) is 12.8 Å². The number of benzene rings is 3. The molecule has 172 valence electrons. The van der Waals surface area contributed by atoms with Gasteiger partial charge < -0.3 is 9.72 Å². The number of H-pyrrole nitrogens is 1. The number of aromatic nitrogens is 1. The zero-order valence-electron chi connectivity index (χ0n) is 16.4. The lowest BCUT2D eigenvalue weighted by Crippen LogP contribution is -2.02. The molecule has 0 aliphatic heterocycles. The lowest BCUT2D eigenvalue weighted by Gasteiger charge is -2.12. The van der Waals surface area contributed by atoms with E-state index in [1.54, 1.807) is 12.1 Å². The van der Waals surface area contributed by atoms with Crippen LogP contribution in [0.15, 0.2) is 70.6 Å². The van der Waals surface area contributed by atoms with Crippen molar-refractivity contribution in [3.05, 3.63) is 82.2 Å². The number of halogens is 3. The Labute approximate surface area is 198 Å². The lowest BCUT2D eigenvalue weighted by atomic mass is 10.2. The average Bonchev–Trinajstić information content (AvgIpc) is 3.14. The third-order valence-electron chi connectivity index (χ3n) is 4.66. The van der Waals surface area contributed by atoms with E-state index in [-0.39, 0.29) is 36.9 Å². The molecule has 0 bridgehead atoms. The molecule has 0 saturated heterocycles. The Morgan fingerprint density at radius 3 is 2.18 bits per heavy atom. The monoisotopic (exact) mass is 529 g/mol. The van der Waals surface area contributed by atoms with Crippen molar-refractivity contribution in [3.63, 3.8) is 0 Å². The molecule has 0 radical (unpaired) electrons. The highest BCUT2D eigenvalue weighted by atomic mass is 35.5. The van der Waals surface area contributed by atoms with E-state index in [0.717, 1.165) is 12.1 Å². The van der Waals surface area contributed by atoms with Gasteiger partial charge in [-0.05, 0) is 60.2 Å². The number of hydrogen-bond donors (Lipinski definition) is 2. The van der Waals surface area contributed by atoms with Crippen molar-refractivity contribution in [3.8, 4) is 11.5 Å². The van der Waals surface area contributed by atoms with E-state index in [9.17, 15) is 21.2 Å². The van der Waals surface area contributed by atoms with Gasteiger partial charge in [0.15, 0.2) is 5.75 Å². The zero-order valence-corrected chi connectivity index (χ0v) is 19.6. The van der Waals surface area contributed by atoms with Crippen molar-refractivity contribution in [1.82, 2.24) is 4.98 Å². The van der Waals surface area contributed by atoms with Crippen molar-refractivity contribution >= 4 is 54.1 Å². The Morgan fingerprint density at radius 1 is 0.939 bits per heavy atom. The van der Waals surface area contributed by atoms with Crippen LogP contribution in [0.3, 0.4) is 0 Å². The minimum atomic E-state index is -4.28. The minimum absolute atomic E-state index is 0.00512. The molecular formula is C21H14Cl2FNO6S2. The molecule has 2 N–H and O–H groups in total. The van der Waals surface area contributed by atoms with Crippen molar-refractivity contribution < 1.29 is 30.5 Å². The number of ether oxygens (including phenoxy) is 1. The molecule has 33 heavy (non-hydrogen) atoms. The van der Waals surface area contributed by atoms with Crippen LogP contribution in [0.1, 0.15) is 5.56 Å². The fraction of sp³-hybridized carbons (Fsp3) is 0.0476. The number of rotatable bonds is 6. The fourth-order valence-electron chi connectivity index (χ4n) is 3.22. The van der Waals surface area contributed by atoms with Crippen LogP contribution < -0.4 is 4.74 Å². The second-order valence-electron chi connectivity index (χ2n) is 7.03. The van der Waals surface area contributed by atoms with Gasteiger partial charge in [-0.1, -0.05) is 23.2 Å². The molecule has 0 aliphatic rings. The van der Waals surface area contributed by atoms with Gasteiger partial charge >= 0.3 is 0 Å². The predicted molar refractivity (Wildman–Crippen MR) is 122 cm³/mol. The molecule has 7 nitrogen and oxygen atoms in total. The quantitative estimate of drug-likeness (QED) is 0.247. The molecule has 0 amide bonds. The lowest BCUT2D eigenvalue weighted by molar-refractivity contribution is 0.479. The first-order valence-electron chi connectivity index (χ1n) is 9.17. The maximum atomic E-state index is 13.2. The third kappa shape index (κ3) is 4.99. The van der Waals surface area contributed by atoms with E-state index < -0.39 is 31.5 Å². The molecule has 3 aromatic carbocycles. The predicted octanol–water partition coefficient (Wildman–Crippen LogP) is 5.63. The van der Waals surface area contributed by atoms with Gasteiger partial charge in [0.1, 0.15) is 17.3 Å². The highest BCUT2D eigenvalue weighted by Gasteiger charge is 2.22. The largest absolute Gasteiger partial charge is 0.454 e. The summed E-state index contributed by atoms with van der Waals surface area (Å²) in [6.07, 6.45) is 1.33. The summed E-state index contributed by atoms with van der Waals surface area (Å²) in [5, 5.41) is 0.316. The molecule has 4 aromatic rings. The fourth-order valence-corrected chi connectivity index (χ4v) is 5.84. The summed E-state index contributed by atoms with van der Waals surface area (Å²) in [5.41, 5.74) is 0.678. The van der Waals surface area contributed by atoms with Gasteiger partial charge in [-0.15, -0.1) is 0 Å². The van der Waals surface area contributed by atoms with Crippen molar-refractivity contribution in [2.45, 2.75) is 15.5 Å². The average molecular weight is 530 g/mol. The Kier molecular flexibility index (Phi) is 6.14. The summed E-state index contributed by atoms with van der Waals surface area (Å²) in [6, 6.07) is 11.7. The van der Waals surface area contributed by atoms with Crippen LogP contribution >= 0.6 is 23.2 Å². The summed E-state index contributed by atoms with van der Waals surface area (Å²) in [5.74, 6) is -0.994. The summed E-state index contributed by atoms with van der Waals surface area (Å²) >= 11 is 12.4. The van der Waals surface area contributed by atoms with Crippen LogP contribution in [0, 0.1) is 5.82 Å². The van der Waals surface area contributed by atoms with Gasteiger partial charge in [0.25, 0.3) is 10.1 Å². The highest BCUT2D eigenvalue weighted by Crippen LogP contribution is 2.39. The van der Waals surface area contributed by atoms with Crippen LogP contribution in [0.4, 0.5) is 4.39 Å². The van der Waals surface area contributed by atoms with Gasteiger partial charge in [-0.2, -0.15) is 8.42 Å². The SMILES string of the molecule is O=S(=O)(O)Cc1cc(Cl)c(Oc2ccc3[nH]cc(S(=O)(=O)c4ccc(F)cc4)c3c2)c(Cl)c1. The summed E-state index contributed by atoms with van der Waals surface area (Å²) in [7, 11) is -8.24. The molecule has 12 heteroatoms. The maximum Gasteiger partial charge on any atom is 0.269 e. The van der Waals surface area contributed by atoms with E-state index in [2.05, 4.69) is 4.98 Å². The molecule has 4 rings (SSSR count). The summed E-state index contributed by atoms with van der Waals surface area (Å²) in [6.45, 7) is 0. The zero-order chi connectivity index (χ0) is 24.0. The van der Waals surface area contributed by atoms with E-state index in [1.807, 2.05) is 0 Å². The van der Waals surface area contributed by atoms with Gasteiger partial charge in [0.05, 0.1) is 19.8 Å². The number of sulfone groups is 1. The number of nitrogens with one attached hydrogen (secondary N) is 1. The van der Waals surface area contributed by atoms with Gasteiger partial charge in [0, 0.05) is 17.1 Å².